The van der Waals surface area contributed by atoms with Crippen LogP contribution in [0.25, 0.3) is 0 Å². The highest BCUT2D eigenvalue weighted by Crippen LogP contribution is 2.27. The van der Waals surface area contributed by atoms with Crippen molar-refractivity contribution in [3.05, 3.63) is 28.2 Å². The second kappa shape index (κ2) is 7.34. The van der Waals surface area contributed by atoms with Gasteiger partial charge in [0.15, 0.2) is 6.61 Å². The van der Waals surface area contributed by atoms with E-state index in [0.29, 0.717) is 22.3 Å². The number of hydrogen-bond acceptors (Lipinski definition) is 3. The first-order valence-corrected chi connectivity index (χ1v) is 7.79. The zero-order valence-corrected chi connectivity index (χ0v) is 13.6. The number of amides is 1. The third-order valence-electron chi connectivity index (χ3n) is 3.78. The van der Waals surface area contributed by atoms with Gasteiger partial charge < -0.3 is 15.4 Å². The van der Waals surface area contributed by atoms with Gasteiger partial charge in [-0.15, -0.1) is 0 Å². The Hall–Kier alpha value is -0.970. The Labute approximate surface area is 135 Å². The van der Waals surface area contributed by atoms with Gasteiger partial charge in [0.2, 0.25) is 0 Å². The van der Waals surface area contributed by atoms with Gasteiger partial charge in [-0.2, -0.15) is 0 Å². The van der Waals surface area contributed by atoms with Gasteiger partial charge in [0, 0.05) is 12.6 Å². The van der Waals surface area contributed by atoms with Crippen LogP contribution in [0.3, 0.4) is 0 Å². The summed E-state index contributed by atoms with van der Waals surface area (Å²) in [5.74, 6) is 0.411. The second-order valence-corrected chi connectivity index (χ2v) is 6.52. The molecule has 1 aromatic rings. The molecule has 6 heteroatoms. The van der Waals surface area contributed by atoms with Gasteiger partial charge >= 0.3 is 0 Å². The maximum atomic E-state index is 11.8. The van der Waals surface area contributed by atoms with Gasteiger partial charge in [-0.05, 0) is 43.5 Å². The van der Waals surface area contributed by atoms with Crippen LogP contribution in [0, 0.1) is 5.41 Å². The molecule has 1 fully saturated rings. The molecule has 2 N–H and O–H groups in total. The van der Waals surface area contributed by atoms with E-state index in [1.54, 1.807) is 18.2 Å². The van der Waals surface area contributed by atoms with Crippen LogP contribution in [0.5, 0.6) is 5.75 Å². The molecule has 0 radical (unpaired) electrons. The molecular formula is C15H20Cl2N2O2. The van der Waals surface area contributed by atoms with Gasteiger partial charge in [-0.3, -0.25) is 4.79 Å². The summed E-state index contributed by atoms with van der Waals surface area (Å²) in [6, 6.07) is 4.94. The van der Waals surface area contributed by atoms with Gasteiger partial charge in [0.25, 0.3) is 5.91 Å². The third-order valence-corrected chi connectivity index (χ3v) is 4.52. The van der Waals surface area contributed by atoms with Crippen molar-refractivity contribution < 1.29 is 9.53 Å². The lowest BCUT2D eigenvalue weighted by molar-refractivity contribution is -0.123. The van der Waals surface area contributed by atoms with Crippen LogP contribution in [0.15, 0.2) is 18.2 Å². The molecule has 0 atom stereocenters. The quantitative estimate of drug-likeness (QED) is 0.872. The molecule has 0 aliphatic carbocycles. The average Bonchev–Trinajstić information content (AvgIpc) is 2.47. The lowest BCUT2D eigenvalue weighted by atomic mass is 9.81. The van der Waals surface area contributed by atoms with Crippen LogP contribution < -0.4 is 15.4 Å². The lowest BCUT2D eigenvalue weighted by Crippen LogP contribution is -2.43. The number of carbonyl (C=O) groups excluding carboxylic acids is 1. The number of carbonyl (C=O) groups is 1. The maximum Gasteiger partial charge on any atom is 0.257 e. The number of rotatable bonds is 5. The van der Waals surface area contributed by atoms with Crippen LogP contribution in [0.2, 0.25) is 10.0 Å². The van der Waals surface area contributed by atoms with Crippen molar-refractivity contribution in [1.29, 1.82) is 0 Å². The van der Waals surface area contributed by atoms with Crippen molar-refractivity contribution in [2.24, 2.45) is 5.41 Å². The summed E-state index contributed by atoms with van der Waals surface area (Å²) in [7, 11) is 0. The average molecular weight is 331 g/mol. The number of halogens is 2. The zero-order valence-electron chi connectivity index (χ0n) is 12.0. The highest BCUT2D eigenvalue weighted by atomic mass is 35.5. The van der Waals surface area contributed by atoms with Gasteiger partial charge in [-0.1, -0.05) is 30.1 Å². The molecule has 0 bridgehead atoms. The van der Waals surface area contributed by atoms with Crippen molar-refractivity contribution in [3.63, 3.8) is 0 Å². The van der Waals surface area contributed by atoms with E-state index in [-0.39, 0.29) is 17.9 Å². The summed E-state index contributed by atoms with van der Waals surface area (Å²) in [5.41, 5.74) is 0.171. The van der Waals surface area contributed by atoms with Crippen molar-refractivity contribution in [2.75, 3.05) is 26.2 Å². The van der Waals surface area contributed by atoms with E-state index >= 15 is 0 Å². The molecule has 0 unspecified atom stereocenters. The number of ether oxygens (including phenoxy) is 1. The van der Waals surface area contributed by atoms with Crippen LogP contribution >= 0.6 is 23.2 Å². The molecule has 116 valence electrons. The zero-order chi connectivity index (χ0) is 15.3. The number of nitrogens with one attached hydrogen (secondary N) is 2. The predicted octanol–water partition coefficient (Wildman–Crippen LogP) is 2.88. The minimum atomic E-state index is -0.124. The van der Waals surface area contributed by atoms with E-state index in [1.165, 1.54) is 0 Å². The Balaban J connectivity index is 1.75. The van der Waals surface area contributed by atoms with Gasteiger partial charge in [-0.25, -0.2) is 0 Å². The fraction of sp³-hybridized carbons (Fsp3) is 0.533. The molecule has 1 amide bonds. The molecule has 4 nitrogen and oxygen atoms in total. The fourth-order valence-electron chi connectivity index (χ4n) is 2.29. The normalized spacial score (nSPS) is 17.3. The van der Waals surface area contributed by atoms with Crippen molar-refractivity contribution in [3.8, 4) is 5.75 Å². The summed E-state index contributed by atoms with van der Waals surface area (Å²) in [5, 5.41) is 7.14. The molecule has 0 spiro atoms. The third kappa shape index (κ3) is 5.06. The molecule has 0 saturated carbocycles. The summed E-state index contributed by atoms with van der Waals surface area (Å²) < 4.78 is 5.41. The first kappa shape index (κ1) is 16.4. The Kier molecular flexibility index (Phi) is 5.73. The maximum absolute atomic E-state index is 11.8. The Bertz CT molecular complexity index is 502. The fourth-order valence-corrected chi connectivity index (χ4v) is 2.57. The van der Waals surface area contributed by atoms with Crippen molar-refractivity contribution >= 4 is 29.1 Å². The highest BCUT2D eigenvalue weighted by Gasteiger charge is 2.26. The Morgan fingerprint density at radius 2 is 2.05 bits per heavy atom. The predicted molar refractivity (Wildman–Crippen MR) is 85.2 cm³/mol. The van der Waals surface area contributed by atoms with Crippen LogP contribution in [-0.2, 0) is 4.79 Å². The first-order valence-electron chi connectivity index (χ1n) is 7.04. The smallest absolute Gasteiger partial charge is 0.257 e. The van der Waals surface area contributed by atoms with E-state index in [4.69, 9.17) is 27.9 Å². The van der Waals surface area contributed by atoms with Crippen molar-refractivity contribution in [2.45, 2.75) is 19.8 Å². The molecule has 0 aromatic heterocycles. The topological polar surface area (TPSA) is 50.4 Å². The summed E-state index contributed by atoms with van der Waals surface area (Å²) in [6.45, 7) is 4.87. The Morgan fingerprint density at radius 3 is 2.71 bits per heavy atom. The standard InChI is InChI=1S/C15H20Cl2N2O2/c1-15(4-6-18-7-5-15)10-19-14(20)9-21-11-2-3-12(16)13(17)8-11/h2-3,8,18H,4-7,9-10H2,1H3,(H,19,20). The lowest BCUT2D eigenvalue weighted by Gasteiger charge is -2.34. The number of piperidine rings is 1. The minimum Gasteiger partial charge on any atom is -0.484 e. The largest absolute Gasteiger partial charge is 0.484 e. The van der Waals surface area contributed by atoms with Crippen LogP contribution in [0.1, 0.15) is 19.8 Å². The molecule has 1 saturated heterocycles. The van der Waals surface area contributed by atoms with E-state index in [0.717, 1.165) is 25.9 Å². The van der Waals surface area contributed by atoms with Gasteiger partial charge in [0.1, 0.15) is 5.75 Å². The van der Waals surface area contributed by atoms with E-state index in [1.807, 2.05) is 0 Å². The van der Waals surface area contributed by atoms with E-state index in [9.17, 15) is 4.79 Å². The highest BCUT2D eigenvalue weighted by molar-refractivity contribution is 6.42. The van der Waals surface area contributed by atoms with E-state index < -0.39 is 0 Å². The van der Waals surface area contributed by atoms with Gasteiger partial charge in [0.05, 0.1) is 10.0 Å². The molecule has 21 heavy (non-hydrogen) atoms. The van der Waals surface area contributed by atoms with Crippen molar-refractivity contribution in [1.82, 2.24) is 10.6 Å². The Morgan fingerprint density at radius 1 is 1.33 bits per heavy atom. The molecule has 1 heterocycles. The molecular weight excluding hydrogens is 311 g/mol. The first-order chi connectivity index (χ1) is 9.98. The van der Waals surface area contributed by atoms with E-state index in [2.05, 4.69) is 17.6 Å². The molecule has 1 aliphatic rings. The second-order valence-electron chi connectivity index (χ2n) is 5.70. The monoisotopic (exact) mass is 330 g/mol. The summed E-state index contributed by atoms with van der Waals surface area (Å²) in [6.07, 6.45) is 2.14. The number of benzene rings is 1. The summed E-state index contributed by atoms with van der Waals surface area (Å²) >= 11 is 11.7. The number of hydrogen-bond donors (Lipinski definition) is 2. The SMILES string of the molecule is CC1(CNC(=O)COc2ccc(Cl)c(Cl)c2)CCNCC1. The molecule has 1 aromatic carbocycles. The van der Waals surface area contributed by atoms with Crippen LogP contribution in [-0.4, -0.2) is 32.1 Å². The summed E-state index contributed by atoms with van der Waals surface area (Å²) in [4.78, 5) is 11.8. The minimum absolute atomic E-state index is 0.0215. The molecule has 2 rings (SSSR count). The molecule has 1 aliphatic heterocycles. The van der Waals surface area contributed by atoms with Crippen LogP contribution in [0.4, 0.5) is 0 Å².